The number of carbonyl (C=O) groups is 2. The van der Waals surface area contributed by atoms with E-state index in [9.17, 15) is 27.2 Å². The fraction of sp³-hybridized carbons (Fsp3) is 0.226. The van der Waals surface area contributed by atoms with E-state index in [2.05, 4.69) is 5.32 Å². The van der Waals surface area contributed by atoms with Crippen LogP contribution in [-0.2, 0) is 22.3 Å². The molecule has 0 fully saturated rings. The van der Waals surface area contributed by atoms with Gasteiger partial charge in [0, 0.05) is 23.6 Å². The molecule has 12 heteroatoms. The Kier molecular flexibility index (Phi) is 8.27. The van der Waals surface area contributed by atoms with Crippen LogP contribution in [0.15, 0.2) is 78.9 Å². The second-order valence-electron chi connectivity index (χ2n) is 9.72. The molecule has 5 rings (SSSR count). The Morgan fingerprint density at radius 3 is 2.44 bits per heavy atom. The fourth-order valence-corrected chi connectivity index (χ4v) is 5.22. The Bertz CT molecular complexity index is 1680. The van der Waals surface area contributed by atoms with E-state index >= 15 is 0 Å². The van der Waals surface area contributed by atoms with Gasteiger partial charge in [0.05, 0.1) is 29.6 Å². The minimum atomic E-state index is -4.67. The number of nitrogens with one attached hydrogen (secondary N) is 1. The lowest BCUT2D eigenvalue weighted by atomic mass is 9.81. The van der Waals surface area contributed by atoms with Crippen LogP contribution in [0.3, 0.4) is 0 Å². The van der Waals surface area contributed by atoms with Crippen molar-refractivity contribution in [3.05, 3.63) is 113 Å². The number of likely N-dealkylation sites (N-methyl/N-ethyl adjacent to an activating group) is 1. The van der Waals surface area contributed by atoms with E-state index in [4.69, 9.17) is 15.1 Å². The van der Waals surface area contributed by atoms with E-state index in [-0.39, 0.29) is 25.3 Å². The summed E-state index contributed by atoms with van der Waals surface area (Å²) in [7, 11) is 0. The highest BCUT2D eigenvalue weighted by Crippen LogP contribution is 2.44. The van der Waals surface area contributed by atoms with Crippen molar-refractivity contribution >= 4 is 17.6 Å². The Hall–Kier alpha value is -5.02. The number of carbonyl (C=O) groups excluding carboxylic acids is 2. The lowest BCUT2D eigenvalue weighted by Gasteiger charge is -2.38. The average molecular weight is 592 g/mol. The third kappa shape index (κ3) is 5.85. The molecule has 2 heterocycles. The maximum Gasteiger partial charge on any atom is 0.416 e. The van der Waals surface area contributed by atoms with E-state index in [1.54, 1.807) is 35.9 Å². The van der Waals surface area contributed by atoms with Crippen LogP contribution in [0.2, 0.25) is 0 Å². The van der Waals surface area contributed by atoms with Gasteiger partial charge in [-0.3, -0.25) is 14.5 Å². The van der Waals surface area contributed by atoms with Gasteiger partial charge in [-0.25, -0.2) is 9.07 Å². The first-order valence-electron chi connectivity index (χ1n) is 13.3. The standard InChI is InChI=1S/C31H25F4N5O3/c1-2-39-29-26(24(18-43-16-15-36)38-40(29)23-9-4-3-5-10-23)25(19-11-13-22(32)14-12-19)27(30(39)42)37-28(41)20-7-6-8-21(17-20)31(33,34)35/h3-14,17,25,27H,2,16,18H2,1H3,(H,37,41)/t25-,27-/m0/s1. The summed E-state index contributed by atoms with van der Waals surface area (Å²) in [4.78, 5) is 29.0. The van der Waals surface area contributed by atoms with Crippen LogP contribution in [0.5, 0.6) is 0 Å². The van der Waals surface area contributed by atoms with Gasteiger partial charge in [0.15, 0.2) is 0 Å². The highest BCUT2D eigenvalue weighted by atomic mass is 19.4. The van der Waals surface area contributed by atoms with Crippen molar-refractivity contribution in [1.29, 1.82) is 5.26 Å². The molecule has 0 unspecified atom stereocenters. The second kappa shape index (κ2) is 12.1. The summed E-state index contributed by atoms with van der Waals surface area (Å²) in [5.41, 5.74) is 0.642. The SMILES string of the molecule is CCN1C(=O)[C@@H](NC(=O)c2cccc(C(F)(F)F)c2)[C@@H](c2ccc(F)cc2)c2c(COCC#N)nn(-c3ccccc3)c21. The highest BCUT2D eigenvalue weighted by Gasteiger charge is 2.46. The van der Waals surface area contributed by atoms with Crippen molar-refractivity contribution in [3.63, 3.8) is 0 Å². The molecule has 0 radical (unpaired) electrons. The quantitative estimate of drug-likeness (QED) is 0.220. The maximum atomic E-state index is 14.2. The molecule has 0 bridgehead atoms. The van der Waals surface area contributed by atoms with E-state index < -0.39 is 41.3 Å². The molecule has 43 heavy (non-hydrogen) atoms. The second-order valence-corrected chi connectivity index (χ2v) is 9.72. The van der Waals surface area contributed by atoms with Crippen molar-refractivity contribution in [2.75, 3.05) is 18.1 Å². The van der Waals surface area contributed by atoms with Crippen molar-refractivity contribution in [1.82, 2.24) is 15.1 Å². The van der Waals surface area contributed by atoms with Gasteiger partial charge in [0.1, 0.15) is 24.3 Å². The predicted octanol–water partition coefficient (Wildman–Crippen LogP) is 5.37. The van der Waals surface area contributed by atoms with E-state index in [0.29, 0.717) is 34.4 Å². The summed E-state index contributed by atoms with van der Waals surface area (Å²) in [6.45, 7) is 1.54. The number of amides is 2. The molecule has 0 spiro atoms. The van der Waals surface area contributed by atoms with Crippen LogP contribution in [-0.4, -0.2) is 40.8 Å². The molecule has 0 saturated heterocycles. The number of hydrogen-bond donors (Lipinski definition) is 1. The molecule has 4 aromatic rings. The van der Waals surface area contributed by atoms with Crippen LogP contribution in [0.1, 0.15) is 45.6 Å². The van der Waals surface area contributed by atoms with Crippen molar-refractivity contribution < 1.29 is 31.9 Å². The molecule has 0 aliphatic carbocycles. The number of benzene rings is 3. The van der Waals surface area contributed by atoms with Crippen LogP contribution in [0.4, 0.5) is 23.4 Å². The molecule has 2 atom stereocenters. The van der Waals surface area contributed by atoms with Crippen molar-refractivity contribution in [3.8, 4) is 11.8 Å². The van der Waals surface area contributed by atoms with Crippen molar-refractivity contribution in [2.24, 2.45) is 0 Å². The van der Waals surface area contributed by atoms with Gasteiger partial charge in [0.25, 0.3) is 11.8 Å². The molecule has 1 aromatic heterocycles. The molecule has 1 aliphatic heterocycles. The van der Waals surface area contributed by atoms with E-state index in [0.717, 1.165) is 12.1 Å². The maximum absolute atomic E-state index is 14.2. The van der Waals surface area contributed by atoms with Gasteiger partial charge in [-0.1, -0.05) is 36.4 Å². The third-order valence-corrected chi connectivity index (χ3v) is 7.10. The predicted molar refractivity (Wildman–Crippen MR) is 148 cm³/mol. The highest BCUT2D eigenvalue weighted by molar-refractivity contribution is 6.05. The molecule has 8 nitrogen and oxygen atoms in total. The van der Waals surface area contributed by atoms with Gasteiger partial charge in [-0.15, -0.1) is 0 Å². The zero-order valence-corrected chi connectivity index (χ0v) is 22.8. The number of alkyl halides is 3. The zero-order valence-electron chi connectivity index (χ0n) is 22.8. The number of nitriles is 1. The zero-order chi connectivity index (χ0) is 30.7. The normalized spacial score (nSPS) is 16.5. The van der Waals surface area contributed by atoms with Gasteiger partial charge in [0.2, 0.25) is 0 Å². The number of aromatic nitrogens is 2. The monoisotopic (exact) mass is 591 g/mol. The number of fused-ring (bicyclic) bond motifs is 1. The Balaban J connectivity index is 1.69. The molecule has 1 N–H and O–H groups in total. The summed E-state index contributed by atoms with van der Waals surface area (Å²) in [5.74, 6) is -2.49. The van der Waals surface area contributed by atoms with E-state index in [1.165, 1.54) is 35.2 Å². The Morgan fingerprint density at radius 2 is 1.79 bits per heavy atom. The summed E-state index contributed by atoms with van der Waals surface area (Å²) < 4.78 is 61.2. The third-order valence-electron chi connectivity index (χ3n) is 7.10. The minimum absolute atomic E-state index is 0.118. The summed E-state index contributed by atoms with van der Waals surface area (Å²) in [6.07, 6.45) is -4.67. The van der Waals surface area contributed by atoms with Crippen LogP contribution < -0.4 is 10.2 Å². The number of ether oxygens (including phenoxy) is 1. The number of rotatable bonds is 8. The first-order valence-corrected chi connectivity index (χ1v) is 13.3. The smallest absolute Gasteiger partial charge is 0.360 e. The molecular weight excluding hydrogens is 566 g/mol. The van der Waals surface area contributed by atoms with E-state index in [1.807, 2.05) is 12.1 Å². The first kappa shape index (κ1) is 29.5. The van der Waals surface area contributed by atoms with Crippen LogP contribution in [0, 0.1) is 17.1 Å². The minimum Gasteiger partial charge on any atom is -0.360 e. The van der Waals surface area contributed by atoms with Gasteiger partial charge >= 0.3 is 6.18 Å². The van der Waals surface area contributed by atoms with Crippen molar-refractivity contribution in [2.45, 2.75) is 31.7 Å². The number of para-hydroxylation sites is 1. The largest absolute Gasteiger partial charge is 0.416 e. The van der Waals surface area contributed by atoms with Crippen LogP contribution in [0.25, 0.3) is 5.69 Å². The molecule has 2 amide bonds. The summed E-state index contributed by atoms with van der Waals surface area (Å²) in [6, 6.07) is 18.9. The lowest BCUT2D eigenvalue weighted by Crippen LogP contribution is -2.55. The van der Waals surface area contributed by atoms with Crippen LogP contribution >= 0.6 is 0 Å². The Morgan fingerprint density at radius 1 is 1.07 bits per heavy atom. The van der Waals surface area contributed by atoms with Gasteiger partial charge in [-0.2, -0.15) is 23.5 Å². The number of anilines is 1. The average Bonchev–Trinajstić information content (AvgIpc) is 3.37. The Labute approximate surface area is 244 Å². The number of nitrogens with zero attached hydrogens (tertiary/aromatic N) is 4. The van der Waals surface area contributed by atoms with Gasteiger partial charge in [-0.05, 0) is 55.0 Å². The summed E-state index contributed by atoms with van der Waals surface area (Å²) >= 11 is 0. The first-order chi connectivity index (χ1) is 20.6. The molecule has 0 saturated carbocycles. The molecule has 3 aromatic carbocycles. The summed E-state index contributed by atoms with van der Waals surface area (Å²) in [5, 5.41) is 16.4. The topological polar surface area (TPSA) is 100 Å². The van der Waals surface area contributed by atoms with Gasteiger partial charge < -0.3 is 10.1 Å². The number of hydrogen-bond acceptors (Lipinski definition) is 5. The fourth-order valence-electron chi connectivity index (χ4n) is 5.22. The lowest BCUT2D eigenvalue weighted by molar-refractivity contribution is -0.137. The molecular formula is C31H25F4N5O3. The molecule has 1 aliphatic rings. The molecule has 220 valence electrons. The number of halogens is 4.